The maximum Gasteiger partial charge on any atom is 0.407 e. The van der Waals surface area contributed by atoms with Crippen LogP contribution in [0.5, 0.6) is 0 Å². The van der Waals surface area contributed by atoms with E-state index in [1.807, 2.05) is 18.2 Å². The van der Waals surface area contributed by atoms with Crippen LogP contribution in [0.2, 0.25) is 0 Å². The molecule has 0 unspecified atom stereocenters. The van der Waals surface area contributed by atoms with Crippen molar-refractivity contribution in [3.05, 3.63) is 35.4 Å². The molecule has 2 N–H and O–H groups in total. The van der Waals surface area contributed by atoms with Crippen LogP contribution in [0.1, 0.15) is 165 Å². The third kappa shape index (κ3) is 23.6. The summed E-state index contributed by atoms with van der Waals surface area (Å²) < 4.78 is 5.45. The van der Waals surface area contributed by atoms with Crippen molar-refractivity contribution in [3.63, 3.8) is 0 Å². The molecule has 44 heavy (non-hydrogen) atoms. The van der Waals surface area contributed by atoms with Crippen molar-refractivity contribution in [2.24, 2.45) is 0 Å². The minimum atomic E-state index is -0.436. The molecule has 0 aliphatic heterocycles. The Labute approximate surface area is 277 Å². The highest BCUT2D eigenvalue weighted by atomic mass is 35.5. The molecule has 0 saturated carbocycles. The fraction of sp³-hybridized carbons (Fsp3) is 0.784. The number of hydrogen-bond acceptors (Lipinski definition) is 4. The number of nitrogens with zero attached hydrogens (tertiary/aromatic N) is 1. The summed E-state index contributed by atoms with van der Waals surface area (Å²) in [5.41, 5.74) is 1.31. The van der Waals surface area contributed by atoms with Crippen molar-refractivity contribution in [2.45, 2.75) is 156 Å². The van der Waals surface area contributed by atoms with Crippen molar-refractivity contribution >= 4 is 24.4 Å². The van der Waals surface area contributed by atoms with Crippen LogP contribution in [-0.2, 0) is 11.3 Å². The summed E-state index contributed by atoms with van der Waals surface area (Å²) in [6, 6.07) is 7.39. The van der Waals surface area contributed by atoms with E-state index in [1.54, 1.807) is 6.07 Å². The number of ether oxygens (including phenoxy) is 1. The summed E-state index contributed by atoms with van der Waals surface area (Å²) in [6.07, 6.45) is 25.7. The summed E-state index contributed by atoms with van der Waals surface area (Å²) in [4.78, 5) is 27.5. The Morgan fingerprint density at radius 3 is 1.59 bits per heavy atom. The molecule has 0 aromatic heterocycles. The zero-order chi connectivity index (χ0) is 31.2. The highest BCUT2D eigenvalue weighted by molar-refractivity contribution is 5.95. The van der Waals surface area contributed by atoms with Gasteiger partial charge in [0, 0.05) is 30.8 Å². The minimum absolute atomic E-state index is 0. The number of unbranched alkanes of at least 4 members (excludes halogenated alkanes) is 17. The number of halogens is 1. The second-order valence-corrected chi connectivity index (χ2v) is 12.3. The highest BCUT2D eigenvalue weighted by Crippen LogP contribution is 2.14. The maximum absolute atomic E-state index is 12.8. The molecule has 256 valence electrons. The van der Waals surface area contributed by atoms with E-state index in [0.717, 1.165) is 38.0 Å². The topological polar surface area (TPSA) is 70.7 Å². The Morgan fingerprint density at radius 2 is 1.07 bits per heavy atom. The Kier molecular flexibility index (Phi) is 29.9. The Balaban J connectivity index is 0.0000185. The smallest absolute Gasteiger partial charge is 0.407 e. The van der Waals surface area contributed by atoms with E-state index >= 15 is 0 Å². The van der Waals surface area contributed by atoms with Gasteiger partial charge >= 0.3 is 6.09 Å². The van der Waals surface area contributed by atoms with Gasteiger partial charge in [-0.2, -0.15) is 0 Å². The lowest BCUT2D eigenvalue weighted by molar-refractivity contribution is 0.0946. The lowest BCUT2D eigenvalue weighted by atomic mass is 10.0. The van der Waals surface area contributed by atoms with Crippen LogP contribution in [0.4, 0.5) is 4.79 Å². The van der Waals surface area contributed by atoms with E-state index < -0.39 is 6.09 Å². The number of hydrogen-bond donors (Lipinski definition) is 2. The summed E-state index contributed by atoms with van der Waals surface area (Å²) in [5, 5.41) is 5.92. The summed E-state index contributed by atoms with van der Waals surface area (Å²) in [6.45, 7) is 11.0. The number of alkyl carbamates (subject to hydrolysis) is 1. The summed E-state index contributed by atoms with van der Waals surface area (Å²) in [5.74, 6) is -0.0944. The lowest BCUT2D eigenvalue weighted by Gasteiger charge is -2.22. The number of carbonyl (C=O) groups is 2. The van der Waals surface area contributed by atoms with Crippen LogP contribution >= 0.6 is 12.4 Å². The fourth-order valence-corrected chi connectivity index (χ4v) is 5.45. The second-order valence-electron chi connectivity index (χ2n) is 12.3. The molecule has 0 bridgehead atoms. The molecular formula is C37H68ClN3O3. The predicted molar refractivity (Wildman–Crippen MR) is 190 cm³/mol. The maximum atomic E-state index is 12.8. The number of rotatable bonds is 29. The molecule has 2 amide bonds. The van der Waals surface area contributed by atoms with Gasteiger partial charge in [0.25, 0.3) is 5.91 Å². The second kappa shape index (κ2) is 31.2. The lowest BCUT2D eigenvalue weighted by Crippen LogP contribution is -2.36. The van der Waals surface area contributed by atoms with Gasteiger partial charge in [0.2, 0.25) is 0 Å². The molecule has 1 rings (SSSR count). The van der Waals surface area contributed by atoms with Gasteiger partial charge in [0.1, 0.15) is 6.61 Å². The van der Waals surface area contributed by atoms with Gasteiger partial charge in [-0.3, -0.25) is 4.79 Å². The largest absolute Gasteiger partial charge is 0.445 e. The third-order valence-corrected chi connectivity index (χ3v) is 8.29. The van der Waals surface area contributed by atoms with Crippen molar-refractivity contribution in [2.75, 3.05) is 32.7 Å². The molecule has 0 spiro atoms. The first-order chi connectivity index (χ1) is 21.1. The molecule has 6 nitrogen and oxygen atoms in total. The molecule has 0 aliphatic carbocycles. The molecule has 1 aromatic rings. The van der Waals surface area contributed by atoms with E-state index in [1.165, 1.54) is 116 Å². The van der Waals surface area contributed by atoms with Crippen LogP contribution in [-0.4, -0.2) is 49.6 Å². The van der Waals surface area contributed by atoms with E-state index in [-0.39, 0.29) is 24.9 Å². The number of nitrogens with one attached hydrogen (secondary N) is 2. The predicted octanol–water partition coefficient (Wildman–Crippen LogP) is 10.2. The molecule has 0 fully saturated rings. The van der Waals surface area contributed by atoms with Crippen LogP contribution in [0.15, 0.2) is 24.3 Å². The molecule has 0 aliphatic rings. The van der Waals surface area contributed by atoms with Crippen molar-refractivity contribution in [3.8, 4) is 0 Å². The number of benzene rings is 1. The summed E-state index contributed by atoms with van der Waals surface area (Å²) in [7, 11) is 0. The van der Waals surface area contributed by atoms with E-state index in [0.29, 0.717) is 18.7 Å². The SMILES string of the molecule is CCCCCCCCCCCCCCCCCCNC(=O)c1ccccc1COC(=O)NCCN(CCCC)CCCC.Cl. The zero-order valence-corrected chi connectivity index (χ0v) is 29.6. The zero-order valence-electron chi connectivity index (χ0n) is 28.8. The number of carbonyl (C=O) groups excluding carboxylic acids is 2. The van der Waals surface area contributed by atoms with Crippen LogP contribution < -0.4 is 10.6 Å². The number of amides is 2. The van der Waals surface area contributed by atoms with Gasteiger partial charge in [-0.15, -0.1) is 12.4 Å². The quantitative estimate of drug-likeness (QED) is 0.0857. The van der Waals surface area contributed by atoms with E-state index in [2.05, 4.69) is 36.3 Å². The first kappa shape index (κ1) is 42.2. The molecule has 0 heterocycles. The Morgan fingerprint density at radius 1 is 0.591 bits per heavy atom. The van der Waals surface area contributed by atoms with Crippen molar-refractivity contribution < 1.29 is 14.3 Å². The summed E-state index contributed by atoms with van der Waals surface area (Å²) >= 11 is 0. The van der Waals surface area contributed by atoms with Gasteiger partial charge in [-0.1, -0.05) is 148 Å². The van der Waals surface area contributed by atoms with Gasteiger partial charge < -0.3 is 20.3 Å². The molecule has 1 aromatic carbocycles. The van der Waals surface area contributed by atoms with Gasteiger partial charge in [0.15, 0.2) is 0 Å². The molecule has 0 saturated heterocycles. The average Bonchev–Trinajstić information content (AvgIpc) is 3.02. The molecular weight excluding hydrogens is 570 g/mol. The fourth-order valence-electron chi connectivity index (χ4n) is 5.45. The first-order valence-corrected chi connectivity index (χ1v) is 18.1. The monoisotopic (exact) mass is 637 g/mol. The standard InChI is InChI=1S/C37H67N3O3.ClH/c1-4-7-10-11-12-13-14-15-16-17-18-19-20-21-22-25-28-38-36(41)35-27-24-23-26-34(35)33-43-37(42)39-29-32-40(30-8-5-2)31-9-6-3;/h23-24,26-27H,4-22,25,28-33H2,1-3H3,(H,38,41)(H,39,42);1H. The molecule has 0 atom stereocenters. The average molecular weight is 638 g/mol. The Hall–Kier alpha value is -1.79. The van der Waals surface area contributed by atoms with E-state index in [4.69, 9.17) is 4.74 Å². The van der Waals surface area contributed by atoms with Crippen LogP contribution in [0, 0.1) is 0 Å². The van der Waals surface area contributed by atoms with Gasteiger partial charge in [-0.05, 0) is 38.4 Å². The van der Waals surface area contributed by atoms with Crippen LogP contribution in [0.3, 0.4) is 0 Å². The van der Waals surface area contributed by atoms with Crippen molar-refractivity contribution in [1.29, 1.82) is 0 Å². The Bertz CT molecular complexity index is 800. The van der Waals surface area contributed by atoms with E-state index in [9.17, 15) is 9.59 Å². The first-order valence-electron chi connectivity index (χ1n) is 18.1. The van der Waals surface area contributed by atoms with Crippen LogP contribution in [0.25, 0.3) is 0 Å². The van der Waals surface area contributed by atoms with Crippen molar-refractivity contribution in [1.82, 2.24) is 15.5 Å². The van der Waals surface area contributed by atoms with Gasteiger partial charge in [0.05, 0.1) is 0 Å². The molecule has 7 heteroatoms. The minimum Gasteiger partial charge on any atom is -0.445 e. The normalized spacial score (nSPS) is 10.9. The highest BCUT2D eigenvalue weighted by Gasteiger charge is 2.13. The third-order valence-electron chi connectivity index (χ3n) is 8.29. The molecule has 0 radical (unpaired) electrons. The van der Waals surface area contributed by atoms with Gasteiger partial charge in [-0.25, -0.2) is 4.79 Å².